The summed E-state index contributed by atoms with van der Waals surface area (Å²) in [7, 11) is 0. The van der Waals surface area contributed by atoms with Crippen molar-refractivity contribution in [1.82, 2.24) is 0 Å². The Balaban J connectivity index is 4.53. The number of rotatable bonds is 3. The maximum atomic E-state index is 10.6. The molecular weight excluding hydrogens is 156 g/mol. The Bertz CT molecular complexity index is 179. The quantitative estimate of drug-likeness (QED) is 0.630. The summed E-state index contributed by atoms with van der Waals surface area (Å²) in [4.78, 5) is 10.6. The molecule has 2 N–H and O–H groups in total. The number of carbonyl (C=O) groups is 1. The zero-order valence-electron chi connectivity index (χ0n) is 7.74. The van der Waals surface area contributed by atoms with E-state index in [0.717, 1.165) is 0 Å². The number of aliphatic carboxylic acids is 1. The van der Waals surface area contributed by atoms with Crippen molar-refractivity contribution in [2.75, 3.05) is 0 Å². The van der Waals surface area contributed by atoms with Crippen LogP contribution in [0.25, 0.3) is 0 Å². The second-order valence-corrected chi connectivity index (χ2v) is 3.91. The van der Waals surface area contributed by atoms with Crippen molar-refractivity contribution in [3.05, 3.63) is 12.7 Å². The molecule has 0 amide bonds. The fraction of sp³-hybridized carbons (Fsp3) is 0.667. The van der Waals surface area contributed by atoms with Gasteiger partial charge in [0.25, 0.3) is 0 Å². The molecule has 0 bridgehead atoms. The molecule has 12 heavy (non-hydrogen) atoms. The number of carboxylic acids is 1. The van der Waals surface area contributed by atoms with Gasteiger partial charge in [0.05, 0.1) is 6.10 Å². The van der Waals surface area contributed by atoms with E-state index in [1.807, 2.05) is 0 Å². The number of aliphatic hydroxyl groups is 1. The molecule has 0 aliphatic carbocycles. The van der Waals surface area contributed by atoms with Gasteiger partial charge in [0.1, 0.15) is 5.92 Å². The summed E-state index contributed by atoms with van der Waals surface area (Å²) in [6, 6.07) is 0. The summed E-state index contributed by atoms with van der Waals surface area (Å²) in [6.07, 6.45) is 0.366. The standard InChI is InChI=1S/C9H16O3/c1-5-6(8(11)12)7(10)9(2,3)4/h5-7,10H,1H2,2-4H3,(H,11,12)/t6-,7+/m1/s1. The van der Waals surface area contributed by atoms with Crippen LogP contribution in [0.3, 0.4) is 0 Å². The second-order valence-electron chi connectivity index (χ2n) is 3.91. The molecule has 3 nitrogen and oxygen atoms in total. The monoisotopic (exact) mass is 172 g/mol. The number of aliphatic hydroxyl groups excluding tert-OH is 1. The maximum Gasteiger partial charge on any atom is 0.313 e. The van der Waals surface area contributed by atoms with Crippen molar-refractivity contribution >= 4 is 5.97 Å². The molecule has 0 radical (unpaired) electrons. The third kappa shape index (κ3) is 2.66. The molecule has 0 aliphatic rings. The fourth-order valence-electron chi connectivity index (χ4n) is 0.903. The lowest BCUT2D eigenvalue weighted by Crippen LogP contribution is -2.36. The average Bonchev–Trinajstić information content (AvgIpc) is 1.86. The van der Waals surface area contributed by atoms with Crippen LogP contribution < -0.4 is 0 Å². The smallest absolute Gasteiger partial charge is 0.313 e. The molecule has 0 spiro atoms. The first-order valence-corrected chi connectivity index (χ1v) is 3.84. The normalized spacial score (nSPS) is 16.7. The van der Waals surface area contributed by atoms with Crippen molar-refractivity contribution in [3.63, 3.8) is 0 Å². The van der Waals surface area contributed by atoms with E-state index in [1.54, 1.807) is 20.8 Å². The molecule has 0 heterocycles. The number of hydrogen-bond acceptors (Lipinski definition) is 2. The zero-order chi connectivity index (χ0) is 9.94. The van der Waals surface area contributed by atoms with Gasteiger partial charge >= 0.3 is 5.97 Å². The average molecular weight is 172 g/mol. The van der Waals surface area contributed by atoms with Crippen molar-refractivity contribution < 1.29 is 15.0 Å². The first kappa shape index (κ1) is 11.2. The van der Waals surface area contributed by atoms with Crippen molar-refractivity contribution in [2.24, 2.45) is 11.3 Å². The van der Waals surface area contributed by atoms with E-state index in [2.05, 4.69) is 6.58 Å². The highest BCUT2D eigenvalue weighted by atomic mass is 16.4. The van der Waals surface area contributed by atoms with E-state index in [-0.39, 0.29) is 0 Å². The van der Waals surface area contributed by atoms with Gasteiger partial charge in [-0.2, -0.15) is 0 Å². The third-order valence-corrected chi connectivity index (χ3v) is 1.77. The molecule has 0 saturated carbocycles. The summed E-state index contributed by atoms with van der Waals surface area (Å²) < 4.78 is 0. The van der Waals surface area contributed by atoms with E-state index >= 15 is 0 Å². The van der Waals surface area contributed by atoms with Gasteiger partial charge in [-0.25, -0.2) is 0 Å². The molecule has 0 aromatic carbocycles. The van der Waals surface area contributed by atoms with E-state index < -0.39 is 23.4 Å². The van der Waals surface area contributed by atoms with Gasteiger partial charge < -0.3 is 10.2 Å². The summed E-state index contributed by atoms with van der Waals surface area (Å²) in [6.45, 7) is 8.74. The highest BCUT2D eigenvalue weighted by Crippen LogP contribution is 2.25. The fourth-order valence-corrected chi connectivity index (χ4v) is 0.903. The van der Waals surface area contributed by atoms with Gasteiger partial charge in [0.15, 0.2) is 0 Å². The van der Waals surface area contributed by atoms with E-state index in [4.69, 9.17) is 5.11 Å². The van der Waals surface area contributed by atoms with Crippen LogP contribution in [0.4, 0.5) is 0 Å². The van der Waals surface area contributed by atoms with Gasteiger partial charge in [0, 0.05) is 0 Å². The first-order valence-electron chi connectivity index (χ1n) is 3.84. The molecule has 0 aromatic heterocycles. The van der Waals surface area contributed by atoms with E-state index in [9.17, 15) is 9.90 Å². The van der Waals surface area contributed by atoms with Crippen molar-refractivity contribution in [3.8, 4) is 0 Å². The first-order chi connectivity index (χ1) is 5.30. The van der Waals surface area contributed by atoms with Gasteiger partial charge in [-0.15, -0.1) is 6.58 Å². The highest BCUT2D eigenvalue weighted by Gasteiger charge is 2.32. The molecule has 0 saturated heterocycles. The Morgan fingerprint density at radius 2 is 1.92 bits per heavy atom. The molecule has 70 valence electrons. The molecular formula is C9H16O3. The minimum Gasteiger partial charge on any atom is -0.481 e. The lowest BCUT2D eigenvalue weighted by Gasteiger charge is -2.28. The minimum atomic E-state index is -1.03. The third-order valence-electron chi connectivity index (χ3n) is 1.77. The maximum absolute atomic E-state index is 10.6. The highest BCUT2D eigenvalue weighted by molar-refractivity contribution is 5.72. The summed E-state index contributed by atoms with van der Waals surface area (Å²) in [5.74, 6) is -1.92. The van der Waals surface area contributed by atoms with Crippen LogP contribution in [-0.2, 0) is 4.79 Å². The van der Waals surface area contributed by atoms with Crippen LogP contribution in [0.2, 0.25) is 0 Å². The summed E-state index contributed by atoms with van der Waals surface area (Å²) >= 11 is 0. The van der Waals surface area contributed by atoms with Crippen LogP contribution in [-0.4, -0.2) is 22.3 Å². The lowest BCUT2D eigenvalue weighted by molar-refractivity contribution is -0.145. The van der Waals surface area contributed by atoms with Crippen LogP contribution in [0.15, 0.2) is 12.7 Å². The van der Waals surface area contributed by atoms with Gasteiger partial charge in [-0.3, -0.25) is 4.79 Å². The van der Waals surface area contributed by atoms with Gasteiger partial charge in [0.2, 0.25) is 0 Å². The van der Waals surface area contributed by atoms with Crippen LogP contribution in [0, 0.1) is 11.3 Å². The molecule has 0 unspecified atom stereocenters. The van der Waals surface area contributed by atoms with E-state index in [1.165, 1.54) is 6.08 Å². The molecule has 3 heteroatoms. The topological polar surface area (TPSA) is 57.5 Å². The summed E-state index contributed by atoms with van der Waals surface area (Å²) in [5, 5.41) is 18.2. The Labute approximate surface area is 72.7 Å². The Hall–Kier alpha value is -0.830. The Morgan fingerprint density at radius 3 is 2.00 bits per heavy atom. The number of carboxylic acid groups (broad SMARTS) is 1. The van der Waals surface area contributed by atoms with Crippen LogP contribution in [0.1, 0.15) is 20.8 Å². The predicted molar refractivity (Wildman–Crippen MR) is 46.8 cm³/mol. The van der Waals surface area contributed by atoms with Gasteiger partial charge in [-0.1, -0.05) is 26.8 Å². The van der Waals surface area contributed by atoms with Crippen molar-refractivity contribution in [2.45, 2.75) is 26.9 Å². The van der Waals surface area contributed by atoms with Crippen molar-refractivity contribution in [1.29, 1.82) is 0 Å². The van der Waals surface area contributed by atoms with E-state index in [0.29, 0.717) is 0 Å². The molecule has 0 aromatic rings. The molecule has 0 aliphatic heterocycles. The molecule has 2 atom stereocenters. The largest absolute Gasteiger partial charge is 0.481 e. The van der Waals surface area contributed by atoms with Crippen LogP contribution >= 0.6 is 0 Å². The lowest BCUT2D eigenvalue weighted by atomic mass is 9.81. The van der Waals surface area contributed by atoms with Crippen LogP contribution in [0.5, 0.6) is 0 Å². The zero-order valence-corrected chi connectivity index (χ0v) is 7.74. The number of hydrogen-bond donors (Lipinski definition) is 2. The predicted octanol–water partition coefficient (Wildman–Crippen LogP) is 1.28. The second kappa shape index (κ2) is 3.72. The van der Waals surface area contributed by atoms with Gasteiger partial charge in [-0.05, 0) is 5.41 Å². The Kier molecular flexibility index (Phi) is 3.46. The molecule has 0 rings (SSSR count). The Morgan fingerprint density at radius 1 is 1.50 bits per heavy atom. The molecule has 0 fully saturated rings. The minimum absolute atomic E-state index is 0.433. The SMILES string of the molecule is C=C[C@@H](C(=O)O)[C@H](O)C(C)(C)C. The summed E-state index contributed by atoms with van der Waals surface area (Å²) in [5.41, 5.74) is -0.433.